The zero-order valence-electron chi connectivity index (χ0n) is 6.58. The fourth-order valence-corrected chi connectivity index (χ4v) is 0.823. The van der Waals surface area contributed by atoms with Gasteiger partial charge in [-0.3, -0.25) is 0 Å². The molecule has 0 fully saturated rings. The highest BCUT2D eigenvalue weighted by atomic mass is 19.4. The van der Waals surface area contributed by atoms with Crippen LogP contribution in [-0.2, 0) is 5.92 Å². The largest absolute Gasteiger partial charge is 0.458 e. The molecule has 1 rings (SSSR count). The lowest BCUT2D eigenvalue weighted by molar-refractivity contribution is -0.289. The third kappa shape index (κ3) is 1.83. The number of rotatable bonds is 1. The van der Waals surface area contributed by atoms with E-state index in [4.69, 9.17) is 0 Å². The van der Waals surface area contributed by atoms with Gasteiger partial charge in [-0.05, 0) is 24.3 Å². The highest BCUT2D eigenvalue weighted by Gasteiger charge is 2.58. The van der Waals surface area contributed by atoms with Crippen LogP contribution >= 0.6 is 0 Å². The molecule has 0 aromatic heterocycles. The Morgan fingerprint density at radius 1 is 0.786 bits per heavy atom. The first kappa shape index (κ1) is 10.9. The SMILES string of the molecule is Fc1ccc(C(F)(F)C(F)(F)F)cc1. The molecule has 0 N–H and O–H groups in total. The highest BCUT2D eigenvalue weighted by Crippen LogP contribution is 2.43. The Labute approximate surface area is 75.2 Å². The minimum Gasteiger partial charge on any atom is -0.207 e. The summed E-state index contributed by atoms with van der Waals surface area (Å²) in [5.41, 5.74) is -1.27. The van der Waals surface area contributed by atoms with Crippen LogP contribution in [0.2, 0.25) is 0 Å². The van der Waals surface area contributed by atoms with E-state index in [9.17, 15) is 26.3 Å². The quantitative estimate of drug-likeness (QED) is 0.628. The Kier molecular flexibility index (Phi) is 2.47. The Balaban J connectivity index is 3.10. The molecule has 6 heteroatoms. The van der Waals surface area contributed by atoms with Crippen LogP contribution in [0, 0.1) is 5.82 Å². The maximum absolute atomic E-state index is 12.5. The summed E-state index contributed by atoms with van der Waals surface area (Å²) in [7, 11) is 0. The number of benzene rings is 1. The van der Waals surface area contributed by atoms with E-state index in [0.717, 1.165) is 0 Å². The summed E-state index contributed by atoms with van der Waals surface area (Å²) < 4.78 is 72.7. The van der Waals surface area contributed by atoms with Crippen LogP contribution in [0.25, 0.3) is 0 Å². The molecule has 0 bridgehead atoms. The van der Waals surface area contributed by atoms with Gasteiger partial charge in [0, 0.05) is 5.56 Å². The summed E-state index contributed by atoms with van der Waals surface area (Å²) in [6.07, 6.45) is -5.66. The number of hydrogen-bond donors (Lipinski definition) is 0. The molecular formula is C8H4F6. The van der Waals surface area contributed by atoms with E-state index in [1.54, 1.807) is 0 Å². The van der Waals surface area contributed by atoms with Gasteiger partial charge in [0.2, 0.25) is 0 Å². The highest BCUT2D eigenvalue weighted by molar-refractivity contribution is 5.22. The molecule has 0 saturated carbocycles. The van der Waals surface area contributed by atoms with Crippen molar-refractivity contribution in [3.8, 4) is 0 Å². The van der Waals surface area contributed by atoms with Crippen molar-refractivity contribution < 1.29 is 26.3 Å². The summed E-state index contributed by atoms with van der Waals surface area (Å²) in [6, 6.07) is 1.91. The number of alkyl halides is 5. The Morgan fingerprint density at radius 2 is 1.21 bits per heavy atom. The zero-order valence-corrected chi connectivity index (χ0v) is 6.58. The summed E-state index contributed by atoms with van der Waals surface area (Å²) in [4.78, 5) is 0. The molecule has 1 aromatic carbocycles. The van der Waals surface area contributed by atoms with E-state index < -0.39 is 23.5 Å². The molecule has 0 nitrogen and oxygen atoms in total. The topological polar surface area (TPSA) is 0 Å². The molecule has 0 radical (unpaired) electrons. The van der Waals surface area contributed by atoms with Crippen LogP contribution in [0.4, 0.5) is 26.3 Å². The second kappa shape index (κ2) is 3.18. The molecule has 0 aliphatic rings. The summed E-state index contributed by atoms with van der Waals surface area (Å²) in [6.45, 7) is 0. The van der Waals surface area contributed by atoms with Crippen molar-refractivity contribution in [1.82, 2.24) is 0 Å². The first-order chi connectivity index (χ1) is 6.25. The zero-order chi connectivity index (χ0) is 11.0. The van der Waals surface area contributed by atoms with Crippen molar-refractivity contribution in [2.24, 2.45) is 0 Å². The lowest BCUT2D eigenvalue weighted by atomic mass is 10.1. The van der Waals surface area contributed by atoms with E-state index in [-0.39, 0.29) is 0 Å². The molecule has 0 aliphatic carbocycles. The van der Waals surface area contributed by atoms with Gasteiger partial charge in [0.25, 0.3) is 0 Å². The van der Waals surface area contributed by atoms with Crippen molar-refractivity contribution in [3.63, 3.8) is 0 Å². The monoisotopic (exact) mass is 214 g/mol. The van der Waals surface area contributed by atoms with E-state index in [2.05, 4.69) is 0 Å². The Morgan fingerprint density at radius 3 is 1.57 bits per heavy atom. The average Bonchev–Trinajstić information content (AvgIpc) is 2.03. The molecule has 0 heterocycles. The van der Waals surface area contributed by atoms with Gasteiger partial charge < -0.3 is 0 Å². The molecule has 0 saturated heterocycles. The smallest absolute Gasteiger partial charge is 0.207 e. The minimum absolute atomic E-state index is 0.406. The average molecular weight is 214 g/mol. The Bertz CT molecular complexity index is 310. The van der Waals surface area contributed by atoms with Gasteiger partial charge in [-0.1, -0.05) is 0 Å². The lowest BCUT2D eigenvalue weighted by Crippen LogP contribution is -2.33. The molecule has 0 aliphatic heterocycles. The molecule has 0 atom stereocenters. The predicted molar refractivity (Wildman–Crippen MR) is 36.3 cm³/mol. The maximum atomic E-state index is 12.5. The molecule has 0 amide bonds. The third-order valence-electron chi connectivity index (χ3n) is 1.56. The maximum Gasteiger partial charge on any atom is 0.458 e. The minimum atomic E-state index is -5.66. The van der Waals surface area contributed by atoms with Crippen molar-refractivity contribution >= 4 is 0 Å². The van der Waals surface area contributed by atoms with E-state index in [1.807, 2.05) is 0 Å². The first-order valence-electron chi connectivity index (χ1n) is 3.46. The van der Waals surface area contributed by atoms with Gasteiger partial charge in [0.15, 0.2) is 0 Å². The van der Waals surface area contributed by atoms with Crippen LogP contribution in [0.5, 0.6) is 0 Å². The van der Waals surface area contributed by atoms with Gasteiger partial charge in [-0.15, -0.1) is 0 Å². The predicted octanol–water partition coefficient (Wildman–Crippen LogP) is 3.48. The fraction of sp³-hybridized carbons (Fsp3) is 0.250. The van der Waals surface area contributed by atoms with Crippen LogP contribution < -0.4 is 0 Å². The van der Waals surface area contributed by atoms with Crippen LogP contribution in [0.3, 0.4) is 0 Å². The van der Waals surface area contributed by atoms with Gasteiger partial charge in [0.1, 0.15) is 5.82 Å². The summed E-state index contributed by atoms with van der Waals surface area (Å²) in [5.74, 6) is -5.81. The normalized spacial score (nSPS) is 13.0. The van der Waals surface area contributed by atoms with Gasteiger partial charge >= 0.3 is 12.1 Å². The summed E-state index contributed by atoms with van der Waals surface area (Å²) in [5, 5.41) is 0. The van der Waals surface area contributed by atoms with Crippen LogP contribution in [0.15, 0.2) is 24.3 Å². The molecule has 0 spiro atoms. The van der Waals surface area contributed by atoms with Crippen molar-refractivity contribution in [1.29, 1.82) is 0 Å². The van der Waals surface area contributed by atoms with Gasteiger partial charge in [0.05, 0.1) is 0 Å². The molecule has 0 unspecified atom stereocenters. The first-order valence-corrected chi connectivity index (χ1v) is 3.46. The fourth-order valence-electron chi connectivity index (χ4n) is 0.823. The van der Waals surface area contributed by atoms with E-state index in [0.29, 0.717) is 24.3 Å². The second-order valence-electron chi connectivity index (χ2n) is 2.58. The number of hydrogen-bond acceptors (Lipinski definition) is 0. The van der Waals surface area contributed by atoms with Crippen LogP contribution in [0.1, 0.15) is 5.56 Å². The van der Waals surface area contributed by atoms with Gasteiger partial charge in [-0.25, -0.2) is 4.39 Å². The van der Waals surface area contributed by atoms with Gasteiger partial charge in [-0.2, -0.15) is 22.0 Å². The van der Waals surface area contributed by atoms with E-state index >= 15 is 0 Å². The van der Waals surface area contributed by atoms with Crippen molar-refractivity contribution in [2.45, 2.75) is 12.1 Å². The van der Waals surface area contributed by atoms with Crippen molar-refractivity contribution in [2.75, 3.05) is 0 Å². The number of halogens is 6. The lowest BCUT2D eigenvalue weighted by Gasteiger charge is -2.19. The molecule has 78 valence electrons. The van der Waals surface area contributed by atoms with Crippen LogP contribution in [-0.4, -0.2) is 6.18 Å². The summed E-state index contributed by atoms with van der Waals surface area (Å²) >= 11 is 0. The van der Waals surface area contributed by atoms with Crippen molar-refractivity contribution in [3.05, 3.63) is 35.6 Å². The third-order valence-corrected chi connectivity index (χ3v) is 1.56. The second-order valence-corrected chi connectivity index (χ2v) is 2.58. The molecule has 1 aromatic rings. The standard InChI is InChI=1S/C8H4F6/c9-6-3-1-5(2-4-6)7(10,11)8(12,13)14/h1-4H. The van der Waals surface area contributed by atoms with E-state index in [1.165, 1.54) is 0 Å². The molecule has 14 heavy (non-hydrogen) atoms. The molecular weight excluding hydrogens is 210 g/mol. The Hall–Kier alpha value is -1.20.